The first-order valence-electron chi connectivity index (χ1n) is 9.27. The van der Waals surface area contributed by atoms with E-state index in [0.29, 0.717) is 5.41 Å². The van der Waals surface area contributed by atoms with Crippen LogP contribution in [0.1, 0.15) is 73.1 Å². The number of hydrogen-bond donors (Lipinski definition) is 1. The van der Waals surface area contributed by atoms with E-state index in [1.54, 1.807) is 0 Å². The summed E-state index contributed by atoms with van der Waals surface area (Å²) in [6.45, 7) is 15.4. The van der Waals surface area contributed by atoms with Crippen molar-refractivity contribution in [3.63, 3.8) is 0 Å². The van der Waals surface area contributed by atoms with Gasteiger partial charge in [0.15, 0.2) is 0 Å². The summed E-state index contributed by atoms with van der Waals surface area (Å²) in [5.41, 5.74) is 0.416. The Kier molecular flexibility index (Phi) is 8.26. The first-order valence-corrected chi connectivity index (χ1v) is 9.27. The van der Waals surface area contributed by atoms with Gasteiger partial charge in [0.05, 0.1) is 0 Å². The Balaban J connectivity index is 2.50. The monoisotopic (exact) mass is 296 g/mol. The lowest BCUT2D eigenvalue weighted by Crippen LogP contribution is -2.46. The van der Waals surface area contributed by atoms with Crippen molar-refractivity contribution >= 4 is 0 Å². The molecular weight excluding hydrogens is 256 g/mol. The van der Waals surface area contributed by atoms with Crippen molar-refractivity contribution in [2.45, 2.75) is 79.2 Å². The second-order valence-corrected chi connectivity index (χ2v) is 8.43. The maximum absolute atomic E-state index is 3.70. The zero-order valence-electron chi connectivity index (χ0n) is 15.5. The van der Waals surface area contributed by atoms with Gasteiger partial charge in [-0.05, 0) is 50.1 Å². The standard InChI is InChI=1S/C19H40N2/c1-7-11-19(5,14-20-13-16(2)3)15-21(6)18-10-8-9-17(4)12-18/h16-18,20H,7-15H2,1-6H3. The van der Waals surface area contributed by atoms with Crippen molar-refractivity contribution in [2.24, 2.45) is 17.3 Å². The molecule has 3 atom stereocenters. The molecule has 1 N–H and O–H groups in total. The van der Waals surface area contributed by atoms with Gasteiger partial charge in [0.2, 0.25) is 0 Å². The Labute approximate surface area is 134 Å². The molecule has 2 nitrogen and oxygen atoms in total. The molecule has 0 saturated heterocycles. The van der Waals surface area contributed by atoms with E-state index in [0.717, 1.165) is 31.0 Å². The van der Waals surface area contributed by atoms with Gasteiger partial charge in [0, 0.05) is 19.1 Å². The molecule has 0 spiro atoms. The van der Waals surface area contributed by atoms with Gasteiger partial charge in [-0.3, -0.25) is 0 Å². The van der Waals surface area contributed by atoms with E-state index in [-0.39, 0.29) is 0 Å². The molecule has 1 rings (SSSR count). The molecule has 2 heteroatoms. The maximum Gasteiger partial charge on any atom is 0.00949 e. The fraction of sp³-hybridized carbons (Fsp3) is 1.00. The van der Waals surface area contributed by atoms with Gasteiger partial charge < -0.3 is 10.2 Å². The minimum atomic E-state index is 0.416. The molecule has 21 heavy (non-hydrogen) atoms. The smallest absolute Gasteiger partial charge is 0.00949 e. The van der Waals surface area contributed by atoms with Crippen LogP contribution in [0.5, 0.6) is 0 Å². The highest BCUT2D eigenvalue weighted by molar-refractivity contribution is 4.84. The van der Waals surface area contributed by atoms with Crippen molar-refractivity contribution in [2.75, 3.05) is 26.7 Å². The molecule has 0 amide bonds. The molecule has 0 bridgehead atoms. The van der Waals surface area contributed by atoms with Gasteiger partial charge in [-0.15, -0.1) is 0 Å². The second-order valence-electron chi connectivity index (χ2n) is 8.43. The van der Waals surface area contributed by atoms with Gasteiger partial charge in [-0.2, -0.15) is 0 Å². The van der Waals surface area contributed by atoms with E-state index >= 15 is 0 Å². The molecule has 1 aliphatic rings. The van der Waals surface area contributed by atoms with Crippen LogP contribution in [0.2, 0.25) is 0 Å². The zero-order chi connectivity index (χ0) is 15.9. The summed E-state index contributed by atoms with van der Waals surface area (Å²) in [5.74, 6) is 1.66. The zero-order valence-corrected chi connectivity index (χ0v) is 15.5. The third-order valence-corrected chi connectivity index (χ3v) is 5.12. The summed E-state index contributed by atoms with van der Waals surface area (Å²) in [6, 6.07) is 0.815. The number of nitrogens with zero attached hydrogens (tertiary/aromatic N) is 1. The van der Waals surface area contributed by atoms with Crippen LogP contribution in [0, 0.1) is 17.3 Å². The van der Waals surface area contributed by atoms with Crippen LogP contribution in [0.15, 0.2) is 0 Å². The summed E-state index contributed by atoms with van der Waals surface area (Å²) in [5, 5.41) is 3.70. The van der Waals surface area contributed by atoms with Crippen molar-refractivity contribution in [3.8, 4) is 0 Å². The SMILES string of the molecule is CCCC(C)(CNCC(C)C)CN(C)C1CCCC(C)C1. The Morgan fingerprint density at radius 3 is 2.57 bits per heavy atom. The van der Waals surface area contributed by atoms with Crippen LogP contribution < -0.4 is 5.32 Å². The number of rotatable bonds is 9. The normalized spacial score (nSPS) is 26.3. The highest BCUT2D eigenvalue weighted by atomic mass is 15.1. The molecule has 0 aromatic rings. The predicted octanol–water partition coefficient (Wildman–Crippen LogP) is 4.55. The topological polar surface area (TPSA) is 15.3 Å². The van der Waals surface area contributed by atoms with Crippen LogP contribution in [0.25, 0.3) is 0 Å². The van der Waals surface area contributed by atoms with E-state index in [1.807, 2.05) is 0 Å². The van der Waals surface area contributed by atoms with Gasteiger partial charge in [-0.25, -0.2) is 0 Å². The molecule has 0 aromatic carbocycles. The van der Waals surface area contributed by atoms with Gasteiger partial charge in [0.25, 0.3) is 0 Å². The molecule has 0 heterocycles. The average molecular weight is 297 g/mol. The second kappa shape index (κ2) is 9.15. The molecule has 126 valence electrons. The first-order chi connectivity index (χ1) is 9.86. The van der Waals surface area contributed by atoms with Crippen LogP contribution in [-0.4, -0.2) is 37.6 Å². The summed E-state index contributed by atoms with van der Waals surface area (Å²) >= 11 is 0. The highest BCUT2D eigenvalue weighted by Gasteiger charge is 2.29. The summed E-state index contributed by atoms with van der Waals surface area (Å²) in [4.78, 5) is 2.67. The third-order valence-electron chi connectivity index (χ3n) is 5.12. The number of nitrogens with one attached hydrogen (secondary N) is 1. The van der Waals surface area contributed by atoms with Gasteiger partial charge in [-0.1, -0.05) is 53.9 Å². The first kappa shape index (κ1) is 19.0. The Hall–Kier alpha value is -0.0800. The maximum atomic E-state index is 3.70. The number of hydrogen-bond acceptors (Lipinski definition) is 2. The molecule has 0 aliphatic heterocycles. The molecular formula is C19H40N2. The molecule has 1 fully saturated rings. The average Bonchev–Trinajstić information content (AvgIpc) is 2.38. The van der Waals surface area contributed by atoms with Crippen molar-refractivity contribution in [3.05, 3.63) is 0 Å². The van der Waals surface area contributed by atoms with Crippen LogP contribution in [0.4, 0.5) is 0 Å². The molecule has 1 saturated carbocycles. The van der Waals surface area contributed by atoms with E-state index in [4.69, 9.17) is 0 Å². The van der Waals surface area contributed by atoms with Crippen LogP contribution in [-0.2, 0) is 0 Å². The van der Waals surface area contributed by atoms with E-state index < -0.39 is 0 Å². The largest absolute Gasteiger partial charge is 0.316 e. The fourth-order valence-electron chi connectivity index (χ4n) is 4.02. The van der Waals surface area contributed by atoms with Crippen molar-refractivity contribution < 1.29 is 0 Å². The summed E-state index contributed by atoms with van der Waals surface area (Å²) in [6.07, 6.45) is 8.28. The minimum Gasteiger partial charge on any atom is -0.316 e. The Morgan fingerprint density at radius 2 is 2.00 bits per heavy atom. The molecule has 0 aromatic heterocycles. The lowest BCUT2D eigenvalue weighted by atomic mass is 9.82. The summed E-state index contributed by atoms with van der Waals surface area (Å²) in [7, 11) is 2.36. The van der Waals surface area contributed by atoms with Crippen molar-refractivity contribution in [1.82, 2.24) is 10.2 Å². The Bertz CT molecular complexity index is 277. The summed E-state index contributed by atoms with van der Waals surface area (Å²) < 4.78 is 0. The Morgan fingerprint density at radius 1 is 1.29 bits per heavy atom. The van der Waals surface area contributed by atoms with E-state index in [1.165, 1.54) is 45.1 Å². The lowest BCUT2D eigenvalue weighted by molar-refractivity contribution is 0.101. The van der Waals surface area contributed by atoms with Crippen LogP contribution in [0.3, 0.4) is 0 Å². The third kappa shape index (κ3) is 7.15. The fourth-order valence-corrected chi connectivity index (χ4v) is 4.02. The van der Waals surface area contributed by atoms with Gasteiger partial charge >= 0.3 is 0 Å². The molecule has 0 radical (unpaired) electrons. The lowest BCUT2D eigenvalue weighted by Gasteiger charge is -2.40. The van der Waals surface area contributed by atoms with Gasteiger partial charge in [0.1, 0.15) is 0 Å². The predicted molar refractivity (Wildman–Crippen MR) is 94.8 cm³/mol. The van der Waals surface area contributed by atoms with E-state index in [9.17, 15) is 0 Å². The minimum absolute atomic E-state index is 0.416. The highest BCUT2D eigenvalue weighted by Crippen LogP contribution is 2.30. The van der Waals surface area contributed by atoms with E-state index in [2.05, 4.69) is 51.9 Å². The molecule has 1 aliphatic carbocycles. The van der Waals surface area contributed by atoms with Crippen LogP contribution >= 0.6 is 0 Å². The quantitative estimate of drug-likeness (QED) is 0.671. The molecule has 3 unspecified atom stereocenters. The van der Waals surface area contributed by atoms with Crippen molar-refractivity contribution in [1.29, 1.82) is 0 Å².